The molecule has 10 nitrogen and oxygen atoms in total. The van der Waals surface area contributed by atoms with Gasteiger partial charge in [0.05, 0.1) is 24.8 Å². The Balaban J connectivity index is 1.69. The summed E-state index contributed by atoms with van der Waals surface area (Å²) in [5, 5.41) is 20.0. The summed E-state index contributed by atoms with van der Waals surface area (Å²) in [6, 6.07) is 1.56. The van der Waals surface area contributed by atoms with Gasteiger partial charge >= 0.3 is 6.09 Å². The minimum Gasteiger partial charge on any atom is -0.506 e. The minimum atomic E-state index is -0.453. The quantitative estimate of drug-likeness (QED) is 0.674. The largest absolute Gasteiger partial charge is 0.506 e. The summed E-state index contributed by atoms with van der Waals surface area (Å²) < 4.78 is 6.89. The van der Waals surface area contributed by atoms with E-state index in [9.17, 15) is 9.90 Å². The molecule has 4 heterocycles. The Hall–Kier alpha value is -3.17. The maximum atomic E-state index is 11.2. The van der Waals surface area contributed by atoms with Gasteiger partial charge in [-0.3, -0.25) is 4.40 Å². The first kappa shape index (κ1) is 13.5. The van der Waals surface area contributed by atoms with Gasteiger partial charge in [-0.1, -0.05) is 0 Å². The van der Waals surface area contributed by atoms with E-state index in [4.69, 9.17) is 4.74 Å². The fourth-order valence-electron chi connectivity index (χ4n) is 2.52. The summed E-state index contributed by atoms with van der Waals surface area (Å²) in [5.74, 6) is 0.662. The second-order valence-corrected chi connectivity index (χ2v) is 5.18. The second-order valence-electron chi connectivity index (χ2n) is 5.18. The number of amides is 1. The summed E-state index contributed by atoms with van der Waals surface area (Å²) in [5.41, 5.74) is 1.65. The second kappa shape index (κ2) is 4.93. The van der Waals surface area contributed by atoms with Crippen LogP contribution in [0.4, 0.5) is 10.6 Å². The van der Waals surface area contributed by atoms with Crippen molar-refractivity contribution in [1.29, 1.82) is 0 Å². The van der Waals surface area contributed by atoms with Crippen LogP contribution < -0.4 is 10.2 Å². The van der Waals surface area contributed by atoms with Crippen molar-refractivity contribution in [3.8, 4) is 5.75 Å². The van der Waals surface area contributed by atoms with Gasteiger partial charge in [-0.2, -0.15) is 0 Å². The lowest BCUT2D eigenvalue weighted by Gasteiger charge is -2.38. The van der Waals surface area contributed by atoms with Crippen molar-refractivity contribution in [2.24, 2.45) is 0 Å². The van der Waals surface area contributed by atoms with Crippen LogP contribution in [0.1, 0.15) is 0 Å². The van der Waals surface area contributed by atoms with E-state index < -0.39 is 6.09 Å². The van der Waals surface area contributed by atoms with Crippen molar-refractivity contribution < 1.29 is 14.6 Å². The van der Waals surface area contributed by atoms with E-state index in [0.717, 1.165) is 0 Å². The average molecular weight is 315 g/mol. The molecular weight excluding hydrogens is 302 g/mol. The standard InChI is InChI=1S/C13H13N7O3/c1-14-13(22)23-8-4-19(5-8)11-12-18-16-6-20(12)9-2-7(21)3-15-10(9)17-11/h2-3,6,8,21H,4-5H2,1H3,(H,14,22). The average Bonchev–Trinajstić information content (AvgIpc) is 3.00. The van der Waals surface area contributed by atoms with Gasteiger partial charge < -0.3 is 20.1 Å². The Kier molecular flexibility index (Phi) is 2.89. The SMILES string of the molecule is CNC(=O)OC1CN(c2nc3ncc(O)cc3n3cnnc23)C1. The summed E-state index contributed by atoms with van der Waals surface area (Å²) in [6.07, 6.45) is 2.24. The molecule has 2 N–H and O–H groups in total. The van der Waals surface area contributed by atoms with Crippen LogP contribution in [0, 0.1) is 0 Å². The fourth-order valence-corrected chi connectivity index (χ4v) is 2.52. The van der Waals surface area contributed by atoms with E-state index in [1.165, 1.54) is 13.2 Å². The normalized spacial score (nSPS) is 14.9. The number of fused-ring (bicyclic) bond motifs is 3. The molecule has 1 amide bonds. The molecule has 0 aromatic carbocycles. The first-order valence-electron chi connectivity index (χ1n) is 6.97. The van der Waals surface area contributed by atoms with E-state index in [1.54, 1.807) is 16.8 Å². The lowest BCUT2D eigenvalue weighted by Crippen LogP contribution is -2.54. The molecule has 0 saturated carbocycles. The Morgan fingerprint density at radius 1 is 1.48 bits per heavy atom. The molecule has 3 aromatic rings. The topological polar surface area (TPSA) is 118 Å². The predicted octanol–water partition coefficient (Wildman–Crippen LogP) is -0.0773. The van der Waals surface area contributed by atoms with Gasteiger partial charge in [0.15, 0.2) is 11.5 Å². The van der Waals surface area contributed by atoms with E-state index in [2.05, 4.69) is 25.5 Å². The highest BCUT2D eigenvalue weighted by molar-refractivity contribution is 5.81. The molecule has 4 rings (SSSR count). The molecule has 1 saturated heterocycles. The van der Waals surface area contributed by atoms with Crippen LogP contribution in [-0.4, -0.2) is 62.0 Å². The van der Waals surface area contributed by atoms with Gasteiger partial charge in [0.2, 0.25) is 5.65 Å². The number of carbonyl (C=O) groups is 1. The summed E-state index contributed by atoms with van der Waals surface area (Å²) in [6.45, 7) is 1.04. The van der Waals surface area contributed by atoms with Gasteiger partial charge in [0.25, 0.3) is 0 Å². The molecule has 0 bridgehead atoms. The van der Waals surface area contributed by atoms with Crippen LogP contribution in [0.3, 0.4) is 0 Å². The van der Waals surface area contributed by atoms with Crippen LogP contribution in [0.15, 0.2) is 18.6 Å². The molecule has 1 fully saturated rings. The number of alkyl carbamates (subject to hydrolysis) is 1. The zero-order chi connectivity index (χ0) is 16.0. The maximum Gasteiger partial charge on any atom is 0.407 e. The number of nitrogens with one attached hydrogen (secondary N) is 1. The molecule has 3 aromatic heterocycles. The Bertz CT molecular complexity index is 903. The number of carbonyl (C=O) groups excluding carboxylic acids is 1. The molecule has 0 radical (unpaired) electrons. The van der Waals surface area contributed by atoms with Crippen molar-refractivity contribution in [3.63, 3.8) is 0 Å². The lowest BCUT2D eigenvalue weighted by molar-refractivity contribution is 0.0824. The molecule has 0 spiro atoms. The van der Waals surface area contributed by atoms with Crippen molar-refractivity contribution in [3.05, 3.63) is 18.6 Å². The van der Waals surface area contributed by atoms with Gasteiger partial charge in [0, 0.05) is 13.1 Å². The van der Waals surface area contributed by atoms with Crippen molar-refractivity contribution in [2.45, 2.75) is 6.10 Å². The Morgan fingerprint density at radius 3 is 3.09 bits per heavy atom. The third kappa shape index (κ3) is 2.15. The molecule has 118 valence electrons. The van der Waals surface area contributed by atoms with Crippen LogP contribution in [0.5, 0.6) is 5.75 Å². The van der Waals surface area contributed by atoms with E-state index in [1.807, 2.05) is 4.90 Å². The number of anilines is 1. The smallest absolute Gasteiger partial charge is 0.407 e. The van der Waals surface area contributed by atoms with Crippen LogP contribution in [-0.2, 0) is 4.74 Å². The van der Waals surface area contributed by atoms with Crippen LogP contribution >= 0.6 is 0 Å². The number of hydrogen-bond acceptors (Lipinski definition) is 8. The number of hydrogen-bond donors (Lipinski definition) is 2. The highest BCUT2D eigenvalue weighted by atomic mass is 16.6. The third-order valence-electron chi connectivity index (χ3n) is 3.68. The molecular formula is C13H13N7O3. The van der Waals surface area contributed by atoms with E-state index >= 15 is 0 Å². The van der Waals surface area contributed by atoms with Crippen molar-refractivity contribution >= 4 is 28.7 Å². The zero-order valence-corrected chi connectivity index (χ0v) is 12.2. The fraction of sp³-hybridized carbons (Fsp3) is 0.308. The maximum absolute atomic E-state index is 11.2. The highest BCUT2D eigenvalue weighted by Gasteiger charge is 2.33. The molecule has 23 heavy (non-hydrogen) atoms. The molecule has 10 heteroatoms. The summed E-state index contributed by atoms with van der Waals surface area (Å²) in [4.78, 5) is 21.8. The van der Waals surface area contributed by atoms with Gasteiger partial charge in [-0.05, 0) is 0 Å². The number of pyridine rings is 1. The zero-order valence-electron chi connectivity index (χ0n) is 12.2. The summed E-state index contributed by atoms with van der Waals surface area (Å²) >= 11 is 0. The van der Waals surface area contributed by atoms with Gasteiger partial charge in [0.1, 0.15) is 18.2 Å². The summed E-state index contributed by atoms with van der Waals surface area (Å²) in [7, 11) is 1.52. The van der Waals surface area contributed by atoms with Crippen molar-refractivity contribution in [2.75, 3.05) is 25.0 Å². The first-order chi connectivity index (χ1) is 11.2. The Morgan fingerprint density at radius 2 is 2.30 bits per heavy atom. The number of rotatable bonds is 2. The lowest BCUT2D eigenvalue weighted by atomic mass is 10.1. The molecule has 0 atom stereocenters. The Labute approximate surface area is 129 Å². The molecule has 1 aliphatic heterocycles. The minimum absolute atomic E-state index is 0.0463. The monoisotopic (exact) mass is 315 g/mol. The predicted molar refractivity (Wildman–Crippen MR) is 79.3 cm³/mol. The van der Waals surface area contributed by atoms with Crippen molar-refractivity contribution in [1.82, 2.24) is 29.9 Å². The molecule has 0 aliphatic carbocycles. The van der Waals surface area contributed by atoms with E-state index in [-0.39, 0.29) is 11.9 Å². The molecule has 0 unspecified atom stereocenters. The van der Waals surface area contributed by atoms with Crippen LogP contribution in [0.2, 0.25) is 0 Å². The number of aromatic hydroxyl groups is 1. The number of nitrogens with zero attached hydrogens (tertiary/aromatic N) is 6. The highest BCUT2D eigenvalue weighted by Crippen LogP contribution is 2.27. The third-order valence-corrected chi connectivity index (χ3v) is 3.68. The molecule has 1 aliphatic rings. The van der Waals surface area contributed by atoms with E-state index in [0.29, 0.717) is 35.7 Å². The van der Waals surface area contributed by atoms with Gasteiger partial charge in [-0.15, -0.1) is 10.2 Å². The first-order valence-corrected chi connectivity index (χ1v) is 6.97. The van der Waals surface area contributed by atoms with Crippen LogP contribution in [0.25, 0.3) is 16.8 Å². The van der Waals surface area contributed by atoms with Gasteiger partial charge in [-0.25, -0.2) is 14.8 Å². The number of aromatic nitrogens is 5. The number of ether oxygens (including phenoxy) is 1.